The zero-order valence-corrected chi connectivity index (χ0v) is 15.0. The highest BCUT2D eigenvalue weighted by Gasteiger charge is 2.23. The first kappa shape index (κ1) is 17.6. The van der Waals surface area contributed by atoms with Gasteiger partial charge in [0.25, 0.3) is 0 Å². The lowest BCUT2D eigenvalue weighted by Crippen LogP contribution is -2.49. The molecule has 0 radical (unpaired) electrons. The number of hydrogen-bond donors (Lipinski definition) is 0. The van der Waals surface area contributed by atoms with Crippen molar-refractivity contribution in [1.29, 1.82) is 0 Å². The van der Waals surface area contributed by atoms with E-state index in [1.165, 1.54) is 17.4 Å². The fraction of sp³-hybridized carbons (Fsp3) is 0.368. The molecule has 25 heavy (non-hydrogen) atoms. The number of aryl methyl sites for hydroxylation is 1. The Morgan fingerprint density at radius 2 is 1.76 bits per heavy atom. The molecule has 1 saturated heterocycles. The Morgan fingerprint density at radius 1 is 1.04 bits per heavy atom. The van der Waals surface area contributed by atoms with E-state index >= 15 is 0 Å². The van der Waals surface area contributed by atoms with Crippen molar-refractivity contribution < 1.29 is 14.0 Å². The van der Waals surface area contributed by atoms with E-state index in [2.05, 4.69) is 0 Å². The topological polar surface area (TPSA) is 40.6 Å². The van der Waals surface area contributed by atoms with Crippen molar-refractivity contribution in [2.75, 3.05) is 31.1 Å². The van der Waals surface area contributed by atoms with Crippen LogP contribution in [0.5, 0.6) is 0 Å². The van der Waals surface area contributed by atoms with Crippen LogP contribution in [0.3, 0.4) is 0 Å². The van der Waals surface area contributed by atoms with Crippen molar-refractivity contribution in [2.24, 2.45) is 0 Å². The minimum absolute atomic E-state index is 0.00480. The summed E-state index contributed by atoms with van der Waals surface area (Å²) in [6, 6.07) is 10.4. The van der Waals surface area contributed by atoms with Crippen LogP contribution in [-0.2, 0) is 4.79 Å². The molecule has 0 N–H and O–H groups in total. The van der Waals surface area contributed by atoms with Crippen molar-refractivity contribution in [1.82, 2.24) is 4.90 Å². The number of hydrogen-bond acceptors (Lipinski definition) is 4. The molecule has 1 aliphatic rings. The van der Waals surface area contributed by atoms with Crippen LogP contribution in [0.4, 0.5) is 10.1 Å². The van der Waals surface area contributed by atoms with E-state index in [4.69, 9.17) is 0 Å². The summed E-state index contributed by atoms with van der Waals surface area (Å²) in [7, 11) is 0. The zero-order chi connectivity index (χ0) is 17.8. The third-order valence-electron chi connectivity index (χ3n) is 4.41. The number of piperazine rings is 1. The molecule has 0 unspecified atom stereocenters. The van der Waals surface area contributed by atoms with Crippen LogP contribution < -0.4 is 4.90 Å². The maximum absolute atomic E-state index is 13.8. The summed E-state index contributed by atoms with van der Waals surface area (Å²) in [6.07, 6.45) is 0.474. The highest BCUT2D eigenvalue weighted by Crippen LogP contribution is 2.21. The van der Waals surface area contributed by atoms with Gasteiger partial charge >= 0.3 is 0 Å². The molecule has 0 atom stereocenters. The largest absolute Gasteiger partial charge is 0.366 e. The van der Waals surface area contributed by atoms with Gasteiger partial charge in [-0.15, -0.1) is 11.3 Å². The van der Waals surface area contributed by atoms with Gasteiger partial charge in [-0.1, -0.05) is 12.1 Å². The van der Waals surface area contributed by atoms with E-state index in [9.17, 15) is 14.0 Å². The standard InChI is InChI=1S/C19H21FN2O2S/c1-14-6-8-18(25-14)17(23)7-9-19(24)22-12-10-21(11-13-22)16-5-3-2-4-15(16)20/h2-6,8H,7,9-13H2,1H3. The summed E-state index contributed by atoms with van der Waals surface area (Å²) in [5, 5.41) is 0. The molecule has 132 valence electrons. The van der Waals surface area contributed by atoms with Crippen molar-refractivity contribution >= 4 is 28.7 Å². The molecule has 4 nitrogen and oxygen atoms in total. The highest BCUT2D eigenvalue weighted by molar-refractivity contribution is 7.14. The first-order valence-corrected chi connectivity index (χ1v) is 9.23. The van der Waals surface area contributed by atoms with Gasteiger partial charge in [0.15, 0.2) is 5.78 Å². The van der Waals surface area contributed by atoms with Gasteiger partial charge in [0.2, 0.25) is 5.91 Å². The van der Waals surface area contributed by atoms with Gasteiger partial charge in [-0.25, -0.2) is 4.39 Å². The van der Waals surface area contributed by atoms with E-state index in [0.717, 1.165) is 9.75 Å². The minimum Gasteiger partial charge on any atom is -0.366 e. The van der Waals surface area contributed by atoms with Gasteiger partial charge in [-0.2, -0.15) is 0 Å². The molecular formula is C19H21FN2O2S. The maximum atomic E-state index is 13.8. The Labute approximate surface area is 150 Å². The number of Topliss-reactive ketones (excluding diaryl/α,β-unsaturated/α-hetero) is 1. The molecule has 0 aliphatic carbocycles. The minimum atomic E-state index is -0.237. The molecule has 1 fully saturated rings. The second-order valence-electron chi connectivity index (χ2n) is 6.15. The van der Waals surface area contributed by atoms with Crippen molar-refractivity contribution in [3.8, 4) is 0 Å². The van der Waals surface area contributed by atoms with E-state index in [1.54, 1.807) is 17.0 Å². The number of ketones is 1. The van der Waals surface area contributed by atoms with Crippen LogP contribution in [0.2, 0.25) is 0 Å². The number of nitrogens with zero attached hydrogens (tertiary/aromatic N) is 2. The number of para-hydroxylation sites is 1. The molecule has 0 saturated carbocycles. The summed E-state index contributed by atoms with van der Waals surface area (Å²) >= 11 is 1.47. The van der Waals surface area contributed by atoms with Crippen LogP contribution in [0.15, 0.2) is 36.4 Å². The number of thiophene rings is 1. The smallest absolute Gasteiger partial charge is 0.223 e. The lowest BCUT2D eigenvalue weighted by atomic mass is 10.1. The summed E-state index contributed by atoms with van der Waals surface area (Å²) in [6.45, 7) is 4.27. The fourth-order valence-corrected chi connectivity index (χ4v) is 3.83. The molecule has 1 aromatic carbocycles. The number of rotatable bonds is 5. The molecule has 2 heterocycles. The summed E-state index contributed by atoms with van der Waals surface area (Å²) < 4.78 is 13.8. The number of amides is 1. The Hall–Kier alpha value is -2.21. The van der Waals surface area contributed by atoms with Gasteiger partial charge in [-0.3, -0.25) is 9.59 Å². The number of carbonyl (C=O) groups excluding carboxylic acids is 2. The molecule has 6 heteroatoms. The predicted molar refractivity (Wildman–Crippen MR) is 97.8 cm³/mol. The van der Waals surface area contributed by atoms with E-state index < -0.39 is 0 Å². The Morgan fingerprint density at radius 3 is 2.40 bits per heavy atom. The SMILES string of the molecule is Cc1ccc(C(=O)CCC(=O)N2CCN(c3ccccc3F)CC2)s1. The molecule has 2 aromatic rings. The van der Waals surface area contributed by atoms with Crippen LogP contribution >= 0.6 is 11.3 Å². The van der Waals surface area contributed by atoms with E-state index in [-0.39, 0.29) is 30.3 Å². The number of halogens is 1. The van der Waals surface area contributed by atoms with Crippen molar-refractivity contribution in [2.45, 2.75) is 19.8 Å². The van der Waals surface area contributed by atoms with Gasteiger partial charge in [-0.05, 0) is 31.2 Å². The molecule has 3 rings (SSSR count). The first-order chi connectivity index (χ1) is 12.0. The molecule has 1 aromatic heterocycles. The Kier molecular flexibility index (Phi) is 5.48. The molecular weight excluding hydrogens is 339 g/mol. The Balaban J connectivity index is 1.48. The average Bonchev–Trinajstić information content (AvgIpc) is 3.06. The first-order valence-electron chi connectivity index (χ1n) is 8.41. The predicted octanol–water partition coefficient (Wildman–Crippen LogP) is 3.51. The van der Waals surface area contributed by atoms with Gasteiger partial charge in [0.05, 0.1) is 10.6 Å². The molecule has 0 bridgehead atoms. The molecule has 0 spiro atoms. The lowest BCUT2D eigenvalue weighted by molar-refractivity contribution is -0.131. The zero-order valence-electron chi connectivity index (χ0n) is 14.2. The second-order valence-corrected chi connectivity index (χ2v) is 7.44. The number of carbonyl (C=O) groups is 2. The van der Waals surface area contributed by atoms with Crippen LogP contribution in [0, 0.1) is 12.7 Å². The van der Waals surface area contributed by atoms with E-state index in [0.29, 0.717) is 31.9 Å². The van der Waals surface area contributed by atoms with Crippen molar-refractivity contribution in [3.05, 3.63) is 52.0 Å². The number of anilines is 1. The summed E-state index contributed by atoms with van der Waals surface area (Å²) in [4.78, 5) is 30.0. The third-order valence-corrected chi connectivity index (χ3v) is 5.45. The third kappa shape index (κ3) is 4.25. The monoisotopic (exact) mass is 360 g/mol. The second kappa shape index (κ2) is 7.78. The van der Waals surface area contributed by atoms with Gasteiger partial charge < -0.3 is 9.80 Å². The molecule has 1 amide bonds. The fourth-order valence-electron chi connectivity index (χ4n) is 2.99. The molecule has 1 aliphatic heterocycles. The van der Waals surface area contributed by atoms with Gasteiger partial charge in [0, 0.05) is 43.9 Å². The van der Waals surface area contributed by atoms with Crippen molar-refractivity contribution in [3.63, 3.8) is 0 Å². The average molecular weight is 360 g/mol. The van der Waals surface area contributed by atoms with E-state index in [1.807, 2.05) is 30.0 Å². The number of benzene rings is 1. The van der Waals surface area contributed by atoms with Crippen LogP contribution in [0.25, 0.3) is 0 Å². The van der Waals surface area contributed by atoms with Crippen LogP contribution in [0.1, 0.15) is 27.4 Å². The Bertz CT molecular complexity index is 766. The van der Waals surface area contributed by atoms with Crippen LogP contribution in [-0.4, -0.2) is 42.8 Å². The normalized spacial score (nSPS) is 14.6. The quantitative estimate of drug-likeness (QED) is 0.766. The lowest BCUT2D eigenvalue weighted by Gasteiger charge is -2.36. The van der Waals surface area contributed by atoms with Gasteiger partial charge in [0.1, 0.15) is 5.82 Å². The highest BCUT2D eigenvalue weighted by atomic mass is 32.1. The summed E-state index contributed by atoms with van der Waals surface area (Å²) in [5.41, 5.74) is 0.581. The maximum Gasteiger partial charge on any atom is 0.223 e. The summed E-state index contributed by atoms with van der Waals surface area (Å²) in [5.74, 6) is -0.217.